The lowest BCUT2D eigenvalue weighted by atomic mass is 10.2. The molecule has 0 heterocycles. The van der Waals surface area contributed by atoms with Gasteiger partial charge in [0.2, 0.25) is 0 Å². The lowest BCUT2D eigenvalue weighted by Gasteiger charge is -2.09. The van der Waals surface area contributed by atoms with Crippen LogP contribution in [0.25, 0.3) is 0 Å². The average Bonchev–Trinajstić information content (AvgIpc) is 2.46. The van der Waals surface area contributed by atoms with Crippen molar-refractivity contribution in [2.24, 2.45) is 0 Å². The number of nitro benzene ring substituents is 1. The molecule has 0 bridgehead atoms. The van der Waals surface area contributed by atoms with E-state index in [1.54, 1.807) is 18.2 Å². The number of nitro groups is 1. The van der Waals surface area contributed by atoms with Crippen molar-refractivity contribution in [2.75, 3.05) is 0 Å². The van der Waals surface area contributed by atoms with Gasteiger partial charge in [0.1, 0.15) is 6.61 Å². The molecule has 0 N–H and O–H groups in total. The predicted molar refractivity (Wildman–Crippen MR) is 84.2 cm³/mol. The monoisotopic (exact) mass is 417 g/mol. The number of ether oxygens (including phenoxy) is 1. The van der Waals surface area contributed by atoms with Gasteiger partial charge in [-0.05, 0) is 23.8 Å². The highest BCUT2D eigenvalue weighted by molar-refractivity contribution is 9.10. The number of alkyl halides is 1. The first-order valence-electron chi connectivity index (χ1n) is 5.91. The largest absolute Gasteiger partial charge is 0.486 e. The van der Waals surface area contributed by atoms with Gasteiger partial charge in [-0.3, -0.25) is 10.1 Å². The van der Waals surface area contributed by atoms with Crippen LogP contribution in [-0.4, -0.2) is 4.92 Å². The predicted octanol–water partition coefficient (Wildman–Crippen LogP) is 4.97. The first-order valence-corrected chi connectivity index (χ1v) is 7.82. The quantitative estimate of drug-likeness (QED) is 0.391. The van der Waals surface area contributed by atoms with Gasteiger partial charge in [0.15, 0.2) is 11.6 Å². The summed E-state index contributed by atoms with van der Waals surface area (Å²) in [7, 11) is 0. The molecule has 0 saturated carbocycles. The van der Waals surface area contributed by atoms with Crippen LogP contribution >= 0.6 is 31.9 Å². The van der Waals surface area contributed by atoms with E-state index in [-0.39, 0.29) is 18.0 Å². The van der Waals surface area contributed by atoms with Gasteiger partial charge in [-0.2, -0.15) is 0 Å². The maximum absolute atomic E-state index is 13.8. The van der Waals surface area contributed by atoms with Crippen LogP contribution < -0.4 is 4.74 Å². The summed E-state index contributed by atoms with van der Waals surface area (Å²) in [6, 6.07) is 9.07. The SMILES string of the molecule is O=[N+]([O-])c1ccc(COc2ccc(CBr)cc2F)c(Br)c1. The fourth-order valence-electron chi connectivity index (χ4n) is 1.67. The van der Waals surface area contributed by atoms with E-state index in [0.29, 0.717) is 15.4 Å². The molecule has 0 amide bonds. The molecule has 7 heteroatoms. The van der Waals surface area contributed by atoms with E-state index in [1.165, 1.54) is 18.2 Å². The van der Waals surface area contributed by atoms with E-state index in [2.05, 4.69) is 31.9 Å². The second kappa shape index (κ2) is 7.00. The molecule has 2 aromatic carbocycles. The molecule has 4 nitrogen and oxygen atoms in total. The Kier molecular flexibility index (Phi) is 5.30. The average molecular weight is 419 g/mol. The Morgan fingerprint density at radius 1 is 1.24 bits per heavy atom. The zero-order valence-electron chi connectivity index (χ0n) is 10.7. The lowest BCUT2D eigenvalue weighted by molar-refractivity contribution is -0.384. The van der Waals surface area contributed by atoms with Crippen molar-refractivity contribution in [3.63, 3.8) is 0 Å². The maximum Gasteiger partial charge on any atom is 0.270 e. The number of hydrogen-bond donors (Lipinski definition) is 0. The van der Waals surface area contributed by atoms with Crippen molar-refractivity contribution in [1.29, 1.82) is 0 Å². The maximum atomic E-state index is 13.8. The van der Waals surface area contributed by atoms with Crippen molar-refractivity contribution in [1.82, 2.24) is 0 Å². The molecule has 110 valence electrons. The van der Waals surface area contributed by atoms with Crippen LogP contribution in [0.3, 0.4) is 0 Å². The van der Waals surface area contributed by atoms with E-state index in [9.17, 15) is 14.5 Å². The molecule has 0 aliphatic carbocycles. The number of nitrogens with zero attached hydrogens (tertiary/aromatic N) is 1. The normalized spacial score (nSPS) is 10.4. The summed E-state index contributed by atoms with van der Waals surface area (Å²) in [6.07, 6.45) is 0. The molecule has 2 aromatic rings. The zero-order valence-corrected chi connectivity index (χ0v) is 13.9. The zero-order chi connectivity index (χ0) is 15.4. The summed E-state index contributed by atoms with van der Waals surface area (Å²) in [5.74, 6) is -0.296. The summed E-state index contributed by atoms with van der Waals surface area (Å²) in [5.41, 5.74) is 1.50. The van der Waals surface area contributed by atoms with Gasteiger partial charge in [0, 0.05) is 27.5 Å². The highest BCUT2D eigenvalue weighted by Crippen LogP contribution is 2.26. The van der Waals surface area contributed by atoms with Gasteiger partial charge in [-0.25, -0.2) is 4.39 Å². The van der Waals surface area contributed by atoms with Gasteiger partial charge in [-0.1, -0.05) is 37.9 Å². The number of non-ortho nitro benzene ring substituents is 1. The summed E-state index contributed by atoms with van der Waals surface area (Å²) in [4.78, 5) is 10.2. The molecule has 0 aliphatic heterocycles. The molecule has 21 heavy (non-hydrogen) atoms. The molecule has 0 atom stereocenters. The number of benzene rings is 2. The van der Waals surface area contributed by atoms with Crippen LogP contribution in [0.1, 0.15) is 11.1 Å². The number of halogens is 3. The van der Waals surface area contributed by atoms with Crippen molar-refractivity contribution in [3.8, 4) is 5.75 Å². The van der Waals surface area contributed by atoms with Crippen molar-refractivity contribution in [2.45, 2.75) is 11.9 Å². The fourth-order valence-corrected chi connectivity index (χ4v) is 2.50. The Labute approximate surface area is 137 Å². The Morgan fingerprint density at radius 3 is 2.57 bits per heavy atom. The number of hydrogen-bond acceptors (Lipinski definition) is 3. The molecule has 0 aromatic heterocycles. The van der Waals surface area contributed by atoms with Crippen LogP contribution in [0, 0.1) is 15.9 Å². The van der Waals surface area contributed by atoms with Gasteiger partial charge >= 0.3 is 0 Å². The minimum absolute atomic E-state index is 0.0153. The Hall–Kier alpha value is -1.47. The van der Waals surface area contributed by atoms with Crippen molar-refractivity contribution >= 4 is 37.5 Å². The molecule has 0 saturated heterocycles. The summed E-state index contributed by atoms with van der Waals surface area (Å²) < 4.78 is 19.7. The van der Waals surface area contributed by atoms with E-state index in [4.69, 9.17) is 4.74 Å². The topological polar surface area (TPSA) is 52.4 Å². The van der Waals surface area contributed by atoms with E-state index in [0.717, 1.165) is 5.56 Å². The smallest absolute Gasteiger partial charge is 0.270 e. The molecule has 0 spiro atoms. The highest BCUT2D eigenvalue weighted by Gasteiger charge is 2.11. The van der Waals surface area contributed by atoms with Crippen LogP contribution in [0.4, 0.5) is 10.1 Å². The van der Waals surface area contributed by atoms with Crippen molar-refractivity contribution < 1.29 is 14.1 Å². The third-order valence-electron chi connectivity index (χ3n) is 2.78. The van der Waals surface area contributed by atoms with Crippen LogP contribution in [0.2, 0.25) is 0 Å². The van der Waals surface area contributed by atoms with Gasteiger partial charge in [0.25, 0.3) is 5.69 Å². The first kappa shape index (κ1) is 15.9. The summed E-state index contributed by atoms with van der Waals surface area (Å²) in [5, 5.41) is 11.2. The third kappa shape index (κ3) is 4.01. The molecule has 2 rings (SSSR count). The molecule has 0 aliphatic rings. The van der Waals surface area contributed by atoms with Crippen LogP contribution in [0.5, 0.6) is 5.75 Å². The Balaban J connectivity index is 2.11. The Morgan fingerprint density at radius 2 is 2.00 bits per heavy atom. The first-order chi connectivity index (χ1) is 10.0. The van der Waals surface area contributed by atoms with Gasteiger partial charge < -0.3 is 4.74 Å². The molecular weight excluding hydrogens is 409 g/mol. The summed E-state index contributed by atoms with van der Waals surface area (Å²) >= 11 is 6.50. The fraction of sp³-hybridized carbons (Fsp3) is 0.143. The molecule has 0 radical (unpaired) electrons. The molecular formula is C14H10Br2FNO3. The van der Waals surface area contributed by atoms with E-state index < -0.39 is 10.7 Å². The third-order valence-corrected chi connectivity index (χ3v) is 4.17. The van der Waals surface area contributed by atoms with E-state index in [1.807, 2.05) is 0 Å². The summed E-state index contributed by atoms with van der Waals surface area (Å²) in [6.45, 7) is 0.114. The molecule has 0 unspecified atom stereocenters. The Bertz CT molecular complexity index is 679. The second-order valence-electron chi connectivity index (χ2n) is 4.22. The minimum atomic E-state index is -0.478. The van der Waals surface area contributed by atoms with Gasteiger partial charge in [-0.15, -0.1) is 0 Å². The standard InChI is InChI=1S/C14H10Br2FNO3/c15-7-9-1-4-14(13(17)5-9)21-8-10-2-3-11(18(19)20)6-12(10)16/h1-6H,7-8H2. The van der Waals surface area contributed by atoms with E-state index >= 15 is 0 Å². The van der Waals surface area contributed by atoms with Gasteiger partial charge in [0.05, 0.1) is 4.92 Å². The van der Waals surface area contributed by atoms with Crippen LogP contribution in [-0.2, 0) is 11.9 Å². The number of rotatable bonds is 5. The second-order valence-corrected chi connectivity index (χ2v) is 5.63. The highest BCUT2D eigenvalue weighted by atomic mass is 79.9. The van der Waals surface area contributed by atoms with Crippen LogP contribution in [0.15, 0.2) is 40.9 Å². The van der Waals surface area contributed by atoms with Crippen molar-refractivity contribution in [3.05, 3.63) is 67.9 Å². The minimum Gasteiger partial charge on any atom is -0.486 e. The lowest BCUT2D eigenvalue weighted by Crippen LogP contribution is -1.99. The molecule has 0 fully saturated rings.